The van der Waals surface area contributed by atoms with Crippen LogP contribution in [0.2, 0.25) is 0 Å². The Morgan fingerprint density at radius 3 is 2.89 bits per heavy atom. The van der Waals surface area contributed by atoms with Gasteiger partial charge in [-0.25, -0.2) is 0 Å². The van der Waals surface area contributed by atoms with Gasteiger partial charge in [-0.05, 0) is 41.8 Å². The van der Waals surface area contributed by atoms with Crippen LogP contribution in [-0.2, 0) is 19.3 Å². The number of hydrogen-bond acceptors (Lipinski definition) is 3. The number of thiophene rings is 1. The standard InChI is InChI=1S/C16H18O2S/c1-2-13-4-5-14(19-13)10-15(17)11-3-6-16-12(9-11)7-8-18-16/h3-6,9,15,17H,2,7-8,10H2,1H3. The van der Waals surface area contributed by atoms with Gasteiger partial charge in [0.05, 0.1) is 12.7 Å². The Balaban J connectivity index is 1.74. The smallest absolute Gasteiger partial charge is 0.122 e. The van der Waals surface area contributed by atoms with Gasteiger partial charge in [-0.3, -0.25) is 0 Å². The first-order chi connectivity index (χ1) is 9.26. The predicted octanol–water partition coefficient (Wildman–Crippen LogP) is 3.52. The molecule has 1 unspecified atom stereocenters. The first kappa shape index (κ1) is 12.7. The van der Waals surface area contributed by atoms with Crippen LogP contribution in [0.1, 0.15) is 33.9 Å². The first-order valence-corrected chi connectivity index (χ1v) is 7.59. The second-order valence-electron chi connectivity index (χ2n) is 4.91. The summed E-state index contributed by atoms with van der Waals surface area (Å²) in [6, 6.07) is 10.3. The van der Waals surface area contributed by atoms with Crippen molar-refractivity contribution in [1.82, 2.24) is 0 Å². The molecule has 100 valence electrons. The zero-order valence-electron chi connectivity index (χ0n) is 11.1. The third-order valence-electron chi connectivity index (χ3n) is 3.56. The fourth-order valence-electron chi connectivity index (χ4n) is 2.44. The molecule has 0 aliphatic carbocycles. The van der Waals surface area contributed by atoms with Crippen molar-refractivity contribution < 1.29 is 9.84 Å². The number of aryl methyl sites for hydroxylation is 1. The third-order valence-corrected chi connectivity index (χ3v) is 4.81. The molecule has 0 saturated carbocycles. The van der Waals surface area contributed by atoms with E-state index < -0.39 is 6.10 Å². The topological polar surface area (TPSA) is 29.5 Å². The zero-order chi connectivity index (χ0) is 13.2. The molecule has 1 aliphatic heterocycles. The van der Waals surface area contributed by atoms with Crippen LogP contribution in [0.4, 0.5) is 0 Å². The van der Waals surface area contributed by atoms with Gasteiger partial charge in [0.2, 0.25) is 0 Å². The maximum atomic E-state index is 10.4. The minimum atomic E-state index is -0.422. The Morgan fingerprint density at radius 1 is 1.26 bits per heavy atom. The molecule has 0 spiro atoms. The van der Waals surface area contributed by atoms with Gasteiger partial charge in [-0.15, -0.1) is 11.3 Å². The van der Waals surface area contributed by atoms with Crippen molar-refractivity contribution >= 4 is 11.3 Å². The summed E-state index contributed by atoms with van der Waals surface area (Å²) in [5.74, 6) is 0.973. The van der Waals surface area contributed by atoms with Gasteiger partial charge in [0, 0.05) is 22.6 Å². The maximum Gasteiger partial charge on any atom is 0.122 e. The number of aliphatic hydroxyl groups excluding tert-OH is 1. The summed E-state index contributed by atoms with van der Waals surface area (Å²) in [4.78, 5) is 2.63. The minimum absolute atomic E-state index is 0.422. The summed E-state index contributed by atoms with van der Waals surface area (Å²) in [7, 11) is 0. The van der Waals surface area contributed by atoms with Gasteiger partial charge in [0.1, 0.15) is 5.75 Å². The van der Waals surface area contributed by atoms with E-state index in [4.69, 9.17) is 4.74 Å². The first-order valence-electron chi connectivity index (χ1n) is 6.77. The van der Waals surface area contributed by atoms with E-state index in [-0.39, 0.29) is 0 Å². The lowest BCUT2D eigenvalue weighted by molar-refractivity contribution is 0.179. The lowest BCUT2D eigenvalue weighted by Crippen LogP contribution is -2.00. The number of hydrogen-bond donors (Lipinski definition) is 1. The molecule has 2 nitrogen and oxygen atoms in total. The molecule has 0 bridgehead atoms. The molecule has 19 heavy (non-hydrogen) atoms. The second kappa shape index (κ2) is 5.35. The van der Waals surface area contributed by atoms with Crippen LogP contribution in [0, 0.1) is 0 Å². The van der Waals surface area contributed by atoms with Crippen LogP contribution in [0.3, 0.4) is 0 Å². The molecule has 0 fully saturated rings. The average molecular weight is 274 g/mol. The molecule has 2 heterocycles. The predicted molar refractivity (Wildman–Crippen MR) is 78.0 cm³/mol. The van der Waals surface area contributed by atoms with E-state index in [2.05, 4.69) is 25.1 Å². The molecule has 0 amide bonds. The molecular weight excluding hydrogens is 256 g/mol. The Kier molecular flexibility index (Phi) is 3.58. The highest BCUT2D eigenvalue weighted by Gasteiger charge is 2.16. The van der Waals surface area contributed by atoms with Gasteiger partial charge in [0.15, 0.2) is 0 Å². The van der Waals surface area contributed by atoms with Crippen molar-refractivity contribution in [1.29, 1.82) is 0 Å². The SMILES string of the molecule is CCc1ccc(CC(O)c2ccc3c(c2)CCO3)s1. The van der Waals surface area contributed by atoms with Crippen molar-refractivity contribution in [3.05, 3.63) is 51.2 Å². The van der Waals surface area contributed by atoms with Gasteiger partial charge in [-0.2, -0.15) is 0 Å². The molecule has 1 N–H and O–H groups in total. The Labute approximate surface area is 117 Å². The van der Waals surface area contributed by atoms with Crippen LogP contribution in [-0.4, -0.2) is 11.7 Å². The molecular formula is C16H18O2S. The Hall–Kier alpha value is -1.32. The number of fused-ring (bicyclic) bond motifs is 1. The molecule has 0 radical (unpaired) electrons. The highest BCUT2D eigenvalue weighted by molar-refractivity contribution is 7.11. The highest BCUT2D eigenvalue weighted by atomic mass is 32.1. The van der Waals surface area contributed by atoms with Gasteiger partial charge >= 0.3 is 0 Å². The van der Waals surface area contributed by atoms with Crippen molar-refractivity contribution in [3.8, 4) is 5.75 Å². The van der Waals surface area contributed by atoms with Crippen molar-refractivity contribution in [3.63, 3.8) is 0 Å². The fourth-order valence-corrected chi connectivity index (χ4v) is 3.44. The van der Waals surface area contributed by atoms with Gasteiger partial charge in [0.25, 0.3) is 0 Å². The number of rotatable bonds is 4. The second-order valence-corrected chi connectivity index (χ2v) is 6.16. The average Bonchev–Trinajstić information content (AvgIpc) is 3.05. The van der Waals surface area contributed by atoms with E-state index in [1.807, 2.05) is 12.1 Å². The monoisotopic (exact) mass is 274 g/mol. The van der Waals surface area contributed by atoms with E-state index in [0.29, 0.717) is 6.42 Å². The third kappa shape index (κ3) is 2.67. The fraction of sp³-hybridized carbons (Fsp3) is 0.375. The van der Waals surface area contributed by atoms with Crippen LogP contribution >= 0.6 is 11.3 Å². The number of benzene rings is 1. The van der Waals surface area contributed by atoms with Crippen molar-refractivity contribution in [2.24, 2.45) is 0 Å². The lowest BCUT2D eigenvalue weighted by atomic mass is 10.0. The van der Waals surface area contributed by atoms with Crippen LogP contribution in [0.25, 0.3) is 0 Å². The molecule has 0 saturated heterocycles. The highest BCUT2D eigenvalue weighted by Crippen LogP contribution is 2.30. The molecule has 3 rings (SSSR count). The molecule has 3 heteroatoms. The summed E-state index contributed by atoms with van der Waals surface area (Å²) in [5, 5.41) is 10.4. The zero-order valence-corrected chi connectivity index (χ0v) is 11.9. The van der Waals surface area contributed by atoms with Gasteiger partial charge in [-0.1, -0.05) is 13.0 Å². The Morgan fingerprint density at radius 2 is 2.11 bits per heavy atom. The number of ether oxygens (including phenoxy) is 1. The molecule has 1 atom stereocenters. The van der Waals surface area contributed by atoms with Crippen molar-refractivity contribution in [2.45, 2.75) is 32.3 Å². The summed E-state index contributed by atoms with van der Waals surface area (Å²) < 4.78 is 5.49. The summed E-state index contributed by atoms with van der Waals surface area (Å²) in [6.45, 7) is 2.92. The van der Waals surface area contributed by atoms with E-state index in [1.54, 1.807) is 11.3 Å². The molecule has 1 aliphatic rings. The molecule has 2 aromatic rings. The summed E-state index contributed by atoms with van der Waals surface area (Å²) >= 11 is 1.80. The van der Waals surface area contributed by atoms with E-state index in [0.717, 1.165) is 30.8 Å². The number of aliphatic hydroxyl groups is 1. The summed E-state index contributed by atoms with van der Waals surface area (Å²) in [6.07, 6.45) is 2.30. The normalized spacial score (nSPS) is 15.1. The molecule has 1 aromatic heterocycles. The van der Waals surface area contributed by atoms with Crippen LogP contribution < -0.4 is 4.74 Å². The maximum absolute atomic E-state index is 10.4. The lowest BCUT2D eigenvalue weighted by Gasteiger charge is -2.11. The van der Waals surface area contributed by atoms with Gasteiger partial charge < -0.3 is 9.84 Å². The molecule has 1 aromatic carbocycles. The van der Waals surface area contributed by atoms with Crippen LogP contribution in [0.15, 0.2) is 30.3 Å². The van der Waals surface area contributed by atoms with E-state index in [9.17, 15) is 5.11 Å². The van der Waals surface area contributed by atoms with Crippen molar-refractivity contribution in [2.75, 3.05) is 6.61 Å². The quantitative estimate of drug-likeness (QED) is 0.924. The largest absolute Gasteiger partial charge is 0.493 e. The minimum Gasteiger partial charge on any atom is -0.493 e. The summed E-state index contributed by atoms with van der Waals surface area (Å²) in [5.41, 5.74) is 2.22. The Bertz CT molecular complexity index is 574. The van der Waals surface area contributed by atoms with Crippen LogP contribution in [0.5, 0.6) is 5.75 Å². The van der Waals surface area contributed by atoms with E-state index >= 15 is 0 Å². The van der Waals surface area contributed by atoms with E-state index in [1.165, 1.54) is 15.3 Å².